The second-order valence-electron chi connectivity index (χ2n) is 5.48. The molecule has 22 heavy (non-hydrogen) atoms. The van der Waals surface area contributed by atoms with E-state index in [4.69, 9.17) is 5.73 Å². The maximum Gasteiger partial charge on any atom is 0.231 e. The van der Waals surface area contributed by atoms with Crippen molar-refractivity contribution in [3.8, 4) is 0 Å². The number of likely N-dealkylation sites (N-methyl/N-ethyl adjacent to an activating group) is 1. The molecule has 0 aliphatic heterocycles. The van der Waals surface area contributed by atoms with Crippen molar-refractivity contribution in [1.82, 2.24) is 4.90 Å². The molecule has 1 atom stereocenters. The lowest BCUT2D eigenvalue weighted by Crippen LogP contribution is -2.37. The summed E-state index contributed by atoms with van der Waals surface area (Å²) in [6.07, 6.45) is 0. The highest BCUT2D eigenvalue weighted by molar-refractivity contribution is 5.84. The third-order valence-corrected chi connectivity index (χ3v) is 4.05. The average Bonchev–Trinajstić information content (AvgIpc) is 2.55. The lowest BCUT2D eigenvalue weighted by Gasteiger charge is -2.26. The molecule has 3 heteroatoms. The van der Waals surface area contributed by atoms with Crippen LogP contribution in [-0.2, 0) is 11.3 Å². The lowest BCUT2D eigenvalue weighted by molar-refractivity contribution is -0.133. The predicted molar refractivity (Wildman–Crippen MR) is 90.5 cm³/mol. The molecule has 116 valence electrons. The van der Waals surface area contributed by atoms with Crippen molar-refractivity contribution in [1.29, 1.82) is 0 Å². The summed E-state index contributed by atoms with van der Waals surface area (Å²) in [5.41, 5.74) is 9.25. The minimum atomic E-state index is -0.273. The normalized spacial score (nSPS) is 12.0. The zero-order valence-electron chi connectivity index (χ0n) is 13.3. The second kappa shape index (κ2) is 7.76. The molecule has 0 saturated carbocycles. The smallest absolute Gasteiger partial charge is 0.231 e. The number of nitrogens with two attached hydrogens (primary N) is 1. The number of benzene rings is 2. The van der Waals surface area contributed by atoms with Gasteiger partial charge in [0.15, 0.2) is 0 Å². The fraction of sp³-hybridized carbons (Fsp3) is 0.316. The number of hydrogen-bond donors (Lipinski definition) is 1. The van der Waals surface area contributed by atoms with Crippen LogP contribution >= 0.6 is 0 Å². The minimum Gasteiger partial charge on any atom is -0.338 e. The van der Waals surface area contributed by atoms with E-state index in [2.05, 4.69) is 19.1 Å². The summed E-state index contributed by atoms with van der Waals surface area (Å²) < 4.78 is 0. The number of amides is 1. The van der Waals surface area contributed by atoms with Crippen LogP contribution in [0.1, 0.15) is 29.5 Å². The van der Waals surface area contributed by atoms with Gasteiger partial charge in [-0.1, -0.05) is 54.6 Å². The monoisotopic (exact) mass is 296 g/mol. The van der Waals surface area contributed by atoms with Gasteiger partial charge in [0.25, 0.3) is 0 Å². The van der Waals surface area contributed by atoms with Crippen LogP contribution in [0, 0.1) is 6.92 Å². The van der Waals surface area contributed by atoms with Gasteiger partial charge >= 0.3 is 0 Å². The zero-order chi connectivity index (χ0) is 15.9. The molecule has 0 bridgehead atoms. The fourth-order valence-corrected chi connectivity index (χ4v) is 2.62. The molecule has 0 saturated heterocycles. The van der Waals surface area contributed by atoms with Crippen LogP contribution in [0.4, 0.5) is 0 Å². The molecular weight excluding hydrogens is 272 g/mol. The zero-order valence-corrected chi connectivity index (χ0v) is 13.3. The van der Waals surface area contributed by atoms with Crippen molar-refractivity contribution < 1.29 is 4.79 Å². The highest BCUT2D eigenvalue weighted by Crippen LogP contribution is 2.19. The first-order valence-electron chi connectivity index (χ1n) is 7.75. The van der Waals surface area contributed by atoms with Gasteiger partial charge in [0, 0.05) is 19.6 Å². The van der Waals surface area contributed by atoms with Crippen molar-refractivity contribution in [2.45, 2.75) is 26.3 Å². The van der Waals surface area contributed by atoms with E-state index in [1.807, 2.05) is 54.3 Å². The average molecular weight is 296 g/mol. The maximum absolute atomic E-state index is 12.9. The number of nitrogens with zero attached hydrogens (tertiary/aromatic N) is 1. The molecule has 3 nitrogen and oxygen atoms in total. The van der Waals surface area contributed by atoms with Gasteiger partial charge < -0.3 is 10.6 Å². The third kappa shape index (κ3) is 3.74. The molecule has 0 aromatic heterocycles. The second-order valence-corrected chi connectivity index (χ2v) is 5.48. The Morgan fingerprint density at radius 1 is 1.09 bits per heavy atom. The van der Waals surface area contributed by atoms with Gasteiger partial charge in [-0.05, 0) is 30.5 Å². The molecule has 0 fully saturated rings. The summed E-state index contributed by atoms with van der Waals surface area (Å²) >= 11 is 0. The molecular formula is C19H24N2O. The standard InChI is InChI=1S/C19H24N2O/c1-3-21(14-17-12-8-7-9-15(17)2)19(22)18(13-20)16-10-5-4-6-11-16/h4-12,18H,3,13-14,20H2,1-2H3. The van der Waals surface area contributed by atoms with E-state index in [1.165, 1.54) is 11.1 Å². The molecule has 0 radical (unpaired) electrons. The molecule has 0 aliphatic rings. The summed E-state index contributed by atoms with van der Waals surface area (Å²) in [5.74, 6) is -0.176. The Kier molecular flexibility index (Phi) is 5.73. The molecule has 2 aromatic rings. The molecule has 0 heterocycles. The Labute approximate surface area is 132 Å². The summed E-state index contributed by atoms with van der Waals surface area (Å²) in [6, 6.07) is 18.0. The van der Waals surface area contributed by atoms with Crippen molar-refractivity contribution in [2.75, 3.05) is 13.1 Å². The topological polar surface area (TPSA) is 46.3 Å². The molecule has 2 N–H and O–H groups in total. The fourth-order valence-electron chi connectivity index (χ4n) is 2.62. The van der Waals surface area contributed by atoms with Crippen LogP contribution in [0.25, 0.3) is 0 Å². The molecule has 2 aromatic carbocycles. The summed E-state index contributed by atoms with van der Waals surface area (Å²) in [6.45, 7) is 5.72. The van der Waals surface area contributed by atoms with Crippen molar-refractivity contribution in [3.63, 3.8) is 0 Å². The lowest BCUT2D eigenvalue weighted by atomic mass is 9.97. The van der Waals surface area contributed by atoms with E-state index in [0.717, 1.165) is 5.56 Å². The highest BCUT2D eigenvalue weighted by atomic mass is 16.2. The summed E-state index contributed by atoms with van der Waals surface area (Å²) in [4.78, 5) is 14.7. The first-order chi connectivity index (χ1) is 10.7. The highest BCUT2D eigenvalue weighted by Gasteiger charge is 2.24. The van der Waals surface area contributed by atoms with Gasteiger partial charge in [0.2, 0.25) is 5.91 Å². The number of rotatable bonds is 6. The van der Waals surface area contributed by atoms with Crippen LogP contribution < -0.4 is 5.73 Å². The number of carbonyl (C=O) groups excluding carboxylic acids is 1. The summed E-state index contributed by atoms with van der Waals surface area (Å²) in [5, 5.41) is 0. The first-order valence-corrected chi connectivity index (χ1v) is 7.75. The Hall–Kier alpha value is -2.13. The van der Waals surface area contributed by atoms with Gasteiger partial charge in [0.05, 0.1) is 5.92 Å². The predicted octanol–water partition coefficient (Wildman–Crippen LogP) is 3.09. The van der Waals surface area contributed by atoms with Gasteiger partial charge in [-0.3, -0.25) is 4.79 Å². The van der Waals surface area contributed by atoms with Crippen molar-refractivity contribution in [2.24, 2.45) is 5.73 Å². The first kappa shape index (κ1) is 16.2. The van der Waals surface area contributed by atoms with Gasteiger partial charge in [0.1, 0.15) is 0 Å². The van der Waals surface area contributed by atoms with Crippen LogP contribution in [0.3, 0.4) is 0 Å². The molecule has 1 unspecified atom stereocenters. The maximum atomic E-state index is 12.9. The van der Waals surface area contributed by atoms with Gasteiger partial charge in [-0.25, -0.2) is 0 Å². The van der Waals surface area contributed by atoms with Crippen LogP contribution in [-0.4, -0.2) is 23.9 Å². The van der Waals surface area contributed by atoms with Crippen LogP contribution in [0.2, 0.25) is 0 Å². The Balaban J connectivity index is 2.19. The minimum absolute atomic E-state index is 0.0967. The van der Waals surface area contributed by atoms with E-state index in [0.29, 0.717) is 19.6 Å². The van der Waals surface area contributed by atoms with Crippen LogP contribution in [0.15, 0.2) is 54.6 Å². The van der Waals surface area contributed by atoms with E-state index in [1.54, 1.807) is 0 Å². The van der Waals surface area contributed by atoms with E-state index in [-0.39, 0.29) is 11.8 Å². The summed E-state index contributed by atoms with van der Waals surface area (Å²) in [7, 11) is 0. The molecule has 2 rings (SSSR count). The van der Waals surface area contributed by atoms with Crippen molar-refractivity contribution >= 4 is 5.91 Å². The van der Waals surface area contributed by atoms with Crippen molar-refractivity contribution in [3.05, 3.63) is 71.3 Å². The van der Waals surface area contributed by atoms with Crippen LogP contribution in [0.5, 0.6) is 0 Å². The number of aryl methyl sites for hydroxylation is 1. The number of carbonyl (C=O) groups is 1. The Morgan fingerprint density at radius 3 is 2.32 bits per heavy atom. The Morgan fingerprint density at radius 2 is 1.73 bits per heavy atom. The van der Waals surface area contributed by atoms with E-state index < -0.39 is 0 Å². The molecule has 1 amide bonds. The largest absolute Gasteiger partial charge is 0.338 e. The number of hydrogen-bond acceptors (Lipinski definition) is 2. The van der Waals surface area contributed by atoms with Gasteiger partial charge in [-0.15, -0.1) is 0 Å². The SMILES string of the molecule is CCN(Cc1ccccc1C)C(=O)C(CN)c1ccccc1. The van der Waals surface area contributed by atoms with Gasteiger partial charge in [-0.2, -0.15) is 0 Å². The quantitative estimate of drug-likeness (QED) is 0.890. The van der Waals surface area contributed by atoms with E-state index >= 15 is 0 Å². The van der Waals surface area contributed by atoms with E-state index in [9.17, 15) is 4.79 Å². The Bertz CT molecular complexity index is 610. The molecule has 0 aliphatic carbocycles. The third-order valence-electron chi connectivity index (χ3n) is 4.05. The molecule has 0 spiro atoms.